The van der Waals surface area contributed by atoms with Gasteiger partial charge in [0.05, 0.1) is 5.69 Å². The lowest BCUT2D eigenvalue weighted by molar-refractivity contribution is 0.0788. The Balaban J connectivity index is 1.98. The van der Waals surface area contributed by atoms with E-state index in [1.807, 2.05) is 0 Å². The van der Waals surface area contributed by atoms with Gasteiger partial charge in [-0.2, -0.15) is 0 Å². The molecule has 1 amide bonds. The summed E-state index contributed by atoms with van der Waals surface area (Å²) in [6.45, 7) is 11.4. The van der Waals surface area contributed by atoms with Crippen LogP contribution in [0, 0.1) is 11.7 Å². The molecule has 1 aliphatic heterocycles. The molecule has 1 unspecified atom stereocenters. The topological polar surface area (TPSA) is 52.8 Å². The Morgan fingerprint density at radius 2 is 1.92 bits per heavy atom. The van der Waals surface area contributed by atoms with Gasteiger partial charge < -0.3 is 20.4 Å². The molecule has 1 aromatic rings. The SMILES string of the molecule is CCN1CCN(c2ccc(C(=O)N(C)CCC(N)C(C)C)cc2F)CC1. The number of rotatable bonds is 7. The molecule has 1 saturated heterocycles. The Labute approximate surface area is 156 Å². The van der Waals surface area contributed by atoms with Crippen molar-refractivity contribution in [3.8, 4) is 0 Å². The van der Waals surface area contributed by atoms with Gasteiger partial charge in [-0.05, 0) is 37.1 Å². The van der Waals surface area contributed by atoms with Crippen molar-refractivity contribution in [1.29, 1.82) is 0 Å². The summed E-state index contributed by atoms with van der Waals surface area (Å²) in [5.74, 6) is -0.112. The van der Waals surface area contributed by atoms with E-state index >= 15 is 0 Å². The van der Waals surface area contributed by atoms with Crippen LogP contribution in [0.2, 0.25) is 0 Å². The Bertz CT molecular complexity index is 599. The first-order chi connectivity index (χ1) is 12.3. The van der Waals surface area contributed by atoms with Crippen molar-refractivity contribution in [2.45, 2.75) is 33.2 Å². The molecule has 0 saturated carbocycles. The zero-order chi connectivity index (χ0) is 19.3. The van der Waals surface area contributed by atoms with Gasteiger partial charge in [0.15, 0.2) is 0 Å². The zero-order valence-electron chi connectivity index (χ0n) is 16.5. The minimum atomic E-state index is -0.326. The molecule has 0 aliphatic carbocycles. The van der Waals surface area contributed by atoms with Crippen LogP contribution in [0.1, 0.15) is 37.6 Å². The van der Waals surface area contributed by atoms with Crippen molar-refractivity contribution in [2.24, 2.45) is 11.7 Å². The van der Waals surface area contributed by atoms with Gasteiger partial charge in [-0.1, -0.05) is 20.8 Å². The van der Waals surface area contributed by atoms with Crippen LogP contribution in [0.4, 0.5) is 10.1 Å². The number of carbonyl (C=O) groups excluding carboxylic acids is 1. The number of nitrogens with zero attached hydrogens (tertiary/aromatic N) is 3. The quantitative estimate of drug-likeness (QED) is 0.807. The summed E-state index contributed by atoms with van der Waals surface area (Å²) in [4.78, 5) is 18.6. The Hall–Kier alpha value is -1.66. The van der Waals surface area contributed by atoms with Crippen LogP contribution in [0.3, 0.4) is 0 Å². The molecular weight excluding hydrogens is 331 g/mol. The van der Waals surface area contributed by atoms with Crippen molar-refractivity contribution in [3.05, 3.63) is 29.6 Å². The molecule has 6 heteroatoms. The number of halogens is 1. The molecule has 2 rings (SSSR count). The van der Waals surface area contributed by atoms with Crippen LogP contribution in [0.5, 0.6) is 0 Å². The fraction of sp³-hybridized carbons (Fsp3) is 0.650. The molecule has 0 aromatic heterocycles. The molecular formula is C20H33FN4O. The summed E-state index contributed by atoms with van der Waals surface area (Å²) < 4.78 is 14.6. The van der Waals surface area contributed by atoms with E-state index in [0.29, 0.717) is 23.7 Å². The van der Waals surface area contributed by atoms with Crippen molar-refractivity contribution in [3.63, 3.8) is 0 Å². The van der Waals surface area contributed by atoms with E-state index in [1.165, 1.54) is 6.07 Å². The fourth-order valence-electron chi connectivity index (χ4n) is 3.20. The number of benzene rings is 1. The molecule has 5 nitrogen and oxygen atoms in total. The molecule has 1 atom stereocenters. The van der Waals surface area contributed by atoms with E-state index in [4.69, 9.17) is 5.73 Å². The molecule has 0 bridgehead atoms. The highest BCUT2D eigenvalue weighted by Gasteiger charge is 2.21. The average Bonchev–Trinajstić information content (AvgIpc) is 2.65. The highest BCUT2D eigenvalue weighted by Crippen LogP contribution is 2.22. The molecule has 0 radical (unpaired) electrons. The van der Waals surface area contributed by atoms with Gasteiger partial charge in [-0.15, -0.1) is 0 Å². The highest BCUT2D eigenvalue weighted by atomic mass is 19.1. The van der Waals surface area contributed by atoms with Crippen LogP contribution >= 0.6 is 0 Å². The number of piperazine rings is 1. The Morgan fingerprint density at radius 3 is 2.46 bits per heavy atom. The first-order valence-electron chi connectivity index (χ1n) is 9.61. The third-order valence-corrected chi connectivity index (χ3v) is 5.36. The molecule has 1 heterocycles. The second kappa shape index (κ2) is 9.33. The molecule has 146 valence electrons. The van der Waals surface area contributed by atoms with Gasteiger partial charge in [0, 0.05) is 51.4 Å². The third-order valence-electron chi connectivity index (χ3n) is 5.36. The summed E-state index contributed by atoms with van der Waals surface area (Å²) in [5.41, 5.74) is 7.02. The third kappa shape index (κ3) is 5.17. The summed E-state index contributed by atoms with van der Waals surface area (Å²) in [7, 11) is 1.74. The number of hydrogen-bond acceptors (Lipinski definition) is 4. The molecule has 2 N–H and O–H groups in total. The van der Waals surface area contributed by atoms with Gasteiger partial charge >= 0.3 is 0 Å². The van der Waals surface area contributed by atoms with Crippen molar-refractivity contribution >= 4 is 11.6 Å². The van der Waals surface area contributed by atoms with E-state index in [1.54, 1.807) is 24.1 Å². The maximum absolute atomic E-state index is 14.6. The van der Waals surface area contributed by atoms with E-state index < -0.39 is 0 Å². The second-order valence-corrected chi connectivity index (χ2v) is 7.51. The Kier molecular flexibility index (Phi) is 7.41. The minimum absolute atomic E-state index is 0.0612. The van der Waals surface area contributed by atoms with Crippen LogP contribution in [0.15, 0.2) is 18.2 Å². The maximum atomic E-state index is 14.6. The number of carbonyl (C=O) groups is 1. The molecule has 1 fully saturated rings. The molecule has 26 heavy (non-hydrogen) atoms. The van der Waals surface area contributed by atoms with Gasteiger partial charge in [-0.25, -0.2) is 4.39 Å². The largest absolute Gasteiger partial charge is 0.367 e. The average molecular weight is 365 g/mol. The summed E-state index contributed by atoms with van der Waals surface area (Å²) in [5, 5.41) is 0. The lowest BCUT2D eigenvalue weighted by atomic mass is 10.0. The van der Waals surface area contributed by atoms with E-state index in [-0.39, 0.29) is 17.8 Å². The monoisotopic (exact) mass is 364 g/mol. The van der Waals surface area contributed by atoms with Gasteiger partial charge in [0.1, 0.15) is 5.82 Å². The first kappa shape index (κ1) is 20.6. The van der Waals surface area contributed by atoms with Gasteiger partial charge in [0.25, 0.3) is 5.91 Å². The maximum Gasteiger partial charge on any atom is 0.253 e. The molecule has 0 spiro atoms. The number of likely N-dealkylation sites (N-methyl/N-ethyl adjacent to an activating group) is 1. The lowest BCUT2D eigenvalue weighted by Crippen LogP contribution is -2.46. The number of nitrogens with two attached hydrogens (primary N) is 1. The van der Waals surface area contributed by atoms with Gasteiger partial charge in [-0.3, -0.25) is 4.79 Å². The van der Waals surface area contributed by atoms with Crippen LogP contribution in [-0.2, 0) is 0 Å². The number of hydrogen-bond donors (Lipinski definition) is 1. The normalized spacial score (nSPS) is 16.8. The lowest BCUT2D eigenvalue weighted by Gasteiger charge is -2.35. The number of amides is 1. The second-order valence-electron chi connectivity index (χ2n) is 7.51. The molecule has 1 aliphatic rings. The van der Waals surface area contributed by atoms with Crippen molar-refractivity contribution < 1.29 is 9.18 Å². The molecule has 1 aromatic carbocycles. The van der Waals surface area contributed by atoms with E-state index in [0.717, 1.165) is 39.1 Å². The van der Waals surface area contributed by atoms with Gasteiger partial charge in [0.2, 0.25) is 0 Å². The highest BCUT2D eigenvalue weighted by molar-refractivity contribution is 5.94. The van der Waals surface area contributed by atoms with Crippen LogP contribution in [-0.4, -0.2) is 68.1 Å². The van der Waals surface area contributed by atoms with E-state index in [9.17, 15) is 9.18 Å². The number of anilines is 1. The predicted octanol–water partition coefficient (Wildman–Crippen LogP) is 2.41. The van der Waals surface area contributed by atoms with Crippen molar-refractivity contribution in [1.82, 2.24) is 9.80 Å². The standard InChI is InChI=1S/C20H33FN4O/c1-5-24-10-12-25(13-11-24)19-7-6-16(14-17(19)21)20(26)23(4)9-8-18(22)15(2)3/h6-7,14-15,18H,5,8-13,22H2,1-4H3. The smallest absolute Gasteiger partial charge is 0.253 e. The Morgan fingerprint density at radius 1 is 1.27 bits per heavy atom. The van der Waals surface area contributed by atoms with Crippen LogP contribution in [0.25, 0.3) is 0 Å². The first-order valence-corrected chi connectivity index (χ1v) is 9.61. The minimum Gasteiger partial charge on any atom is -0.367 e. The van der Waals surface area contributed by atoms with Crippen molar-refractivity contribution in [2.75, 3.05) is 51.2 Å². The zero-order valence-corrected chi connectivity index (χ0v) is 16.5. The van der Waals surface area contributed by atoms with E-state index in [2.05, 4.69) is 30.6 Å². The van der Waals surface area contributed by atoms with Crippen LogP contribution < -0.4 is 10.6 Å². The predicted molar refractivity (Wildman–Crippen MR) is 105 cm³/mol. The fourth-order valence-corrected chi connectivity index (χ4v) is 3.20. The summed E-state index contributed by atoms with van der Waals surface area (Å²) >= 11 is 0. The summed E-state index contributed by atoms with van der Waals surface area (Å²) in [6.07, 6.45) is 0.738. The summed E-state index contributed by atoms with van der Waals surface area (Å²) in [6, 6.07) is 4.89.